The third-order valence-electron chi connectivity index (χ3n) is 1.34. The van der Waals surface area contributed by atoms with Crippen LogP contribution >= 0.6 is 0 Å². The summed E-state index contributed by atoms with van der Waals surface area (Å²) in [6.07, 6.45) is 1.16. The lowest BCUT2D eigenvalue weighted by molar-refractivity contribution is 0.132. The van der Waals surface area contributed by atoms with Gasteiger partial charge in [0.25, 0.3) is 0 Å². The predicted octanol–water partition coefficient (Wildman–Crippen LogP) is 1.12. The Labute approximate surface area is 76.5 Å². The zero-order valence-corrected chi connectivity index (χ0v) is 7.10. The summed E-state index contributed by atoms with van der Waals surface area (Å²) in [6, 6.07) is 9.65. The van der Waals surface area contributed by atoms with Crippen molar-refractivity contribution in [3.63, 3.8) is 0 Å². The molecule has 0 aliphatic carbocycles. The molecule has 4 heteroatoms. The lowest BCUT2D eigenvalue weighted by Crippen LogP contribution is -2.10. The third kappa shape index (κ3) is 3.91. The van der Waals surface area contributed by atoms with E-state index in [1.807, 2.05) is 30.3 Å². The molecule has 0 atom stereocenters. The van der Waals surface area contributed by atoms with Crippen LogP contribution < -0.4 is 5.73 Å². The molecule has 0 unspecified atom stereocenters. The van der Waals surface area contributed by atoms with E-state index in [4.69, 9.17) is 16.0 Å². The molecule has 1 rings (SSSR count). The van der Waals surface area contributed by atoms with E-state index in [-0.39, 0.29) is 5.84 Å². The summed E-state index contributed by atoms with van der Waals surface area (Å²) in [5, 5.41) is 10.3. The second-order valence-electron chi connectivity index (χ2n) is 2.45. The first-order valence-electron chi connectivity index (χ1n) is 3.82. The summed E-state index contributed by atoms with van der Waals surface area (Å²) < 4.78 is 0. The third-order valence-corrected chi connectivity index (χ3v) is 1.34. The van der Waals surface area contributed by atoms with Gasteiger partial charge in [-0.1, -0.05) is 35.5 Å². The highest BCUT2D eigenvalue weighted by atomic mass is 16.6. The predicted molar refractivity (Wildman–Crippen MR) is 51.6 cm³/mol. The highest BCUT2D eigenvalue weighted by molar-refractivity contribution is 6.26. The maximum absolute atomic E-state index is 6.83. The van der Waals surface area contributed by atoms with Crippen LogP contribution in [0.1, 0.15) is 5.56 Å². The van der Waals surface area contributed by atoms with Gasteiger partial charge in [-0.3, -0.25) is 5.41 Å². The number of hydrogen-bond donors (Lipinski definition) is 2. The van der Waals surface area contributed by atoms with Crippen molar-refractivity contribution in [2.45, 2.75) is 6.61 Å². The van der Waals surface area contributed by atoms with Gasteiger partial charge in [0.2, 0.25) is 0 Å². The molecule has 0 aliphatic heterocycles. The minimum Gasteiger partial charge on any atom is -0.391 e. The molecule has 3 N–H and O–H groups in total. The van der Waals surface area contributed by atoms with E-state index >= 15 is 0 Å². The van der Waals surface area contributed by atoms with E-state index in [2.05, 4.69) is 5.16 Å². The Kier molecular flexibility index (Phi) is 3.50. The number of rotatable bonds is 4. The Morgan fingerprint density at radius 3 is 2.77 bits per heavy atom. The van der Waals surface area contributed by atoms with Crippen molar-refractivity contribution in [3.8, 4) is 0 Å². The Hall–Kier alpha value is -1.84. The molecule has 0 heterocycles. The zero-order chi connectivity index (χ0) is 9.52. The highest BCUT2D eigenvalue weighted by Crippen LogP contribution is 1.99. The first-order valence-corrected chi connectivity index (χ1v) is 3.82. The molecule has 0 bridgehead atoms. The molecule has 0 saturated heterocycles. The van der Waals surface area contributed by atoms with Crippen molar-refractivity contribution in [2.75, 3.05) is 0 Å². The Bertz CT molecular complexity index is 295. The van der Waals surface area contributed by atoms with Crippen LogP contribution in [0.3, 0.4) is 0 Å². The van der Waals surface area contributed by atoms with Crippen LogP contribution in [-0.4, -0.2) is 12.1 Å². The molecular weight excluding hydrogens is 166 g/mol. The highest BCUT2D eigenvalue weighted by Gasteiger charge is 1.88. The molecule has 1 aromatic rings. The Balaban J connectivity index is 2.32. The van der Waals surface area contributed by atoms with Crippen molar-refractivity contribution in [1.82, 2.24) is 0 Å². The van der Waals surface area contributed by atoms with Crippen molar-refractivity contribution in [2.24, 2.45) is 10.9 Å². The molecule has 68 valence electrons. The smallest absolute Gasteiger partial charge is 0.142 e. The van der Waals surface area contributed by atoms with Crippen LogP contribution in [-0.2, 0) is 11.4 Å². The summed E-state index contributed by atoms with van der Waals surface area (Å²) >= 11 is 0. The lowest BCUT2D eigenvalue weighted by Gasteiger charge is -1.97. The summed E-state index contributed by atoms with van der Waals surface area (Å²) in [5.41, 5.74) is 6.06. The Morgan fingerprint density at radius 2 is 2.15 bits per heavy atom. The maximum Gasteiger partial charge on any atom is 0.142 e. The van der Waals surface area contributed by atoms with Gasteiger partial charge in [0.05, 0.1) is 0 Å². The van der Waals surface area contributed by atoms with Crippen molar-refractivity contribution in [3.05, 3.63) is 35.9 Å². The van der Waals surface area contributed by atoms with Crippen molar-refractivity contribution < 1.29 is 4.84 Å². The fourth-order valence-electron chi connectivity index (χ4n) is 0.780. The van der Waals surface area contributed by atoms with Gasteiger partial charge in [-0.2, -0.15) is 0 Å². The number of oxime groups is 1. The average Bonchev–Trinajstić information content (AvgIpc) is 2.14. The molecule has 0 saturated carbocycles. The first kappa shape index (κ1) is 9.25. The van der Waals surface area contributed by atoms with Gasteiger partial charge in [0.15, 0.2) is 0 Å². The zero-order valence-electron chi connectivity index (χ0n) is 7.10. The van der Waals surface area contributed by atoms with Crippen LogP contribution in [0.4, 0.5) is 0 Å². The molecule has 13 heavy (non-hydrogen) atoms. The monoisotopic (exact) mass is 177 g/mol. The second kappa shape index (κ2) is 4.92. The normalized spacial score (nSPS) is 10.2. The van der Waals surface area contributed by atoms with Crippen molar-refractivity contribution in [1.29, 1.82) is 5.41 Å². The molecule has 1 aromatic carbocycles. The fourth-order valence-corrected chi connectivity index (χ4v) is 0.780. The molecular formula is C9H11N3O. The van der Waals surface area contributed by atoms with Gasteiger partial charge in [0, 0.05) is 0 Å². The van der Waals surface area contributed by atoms with Gasteiger partial charge in [-0.05, 0) is 5.56 Å². The number of nitrogens with one attached hydrogen (secondary N) is 1. The molecule has 0 aromatic heterocycles. The van der Waals surface area contributed by atoms with Crippen LogP contribution in [0.25, 0.3) is 0 Å². The summed E-state index contributed by atoms with van der Waals surface area (Å²) in [4.78, 5) is 4.88. The van der Waals surface area contributed by atoms with E-state index in [9.17, 15) is 0 Å². The van der Waals surface area contributed by atoms with E-state index in [1.165, 1.54) is 0 Å². The maximum atomic E-state index is 6.83. The number of nitrogens with two attached hydrogens (primary N) is 1. The van der Waals surface area contributed by atoms with E-state index in [1.54, 1.807) is 0 Å². The van der Waals surface area contributed by atoms with E-state index < -0.39 is 0 Å². The van der Waals surface area contributed by atoms with E-state index in [0.29, 0.717) is 6.61 Å². The minimum absolute atomic E-state index is 0.118. The summed E-state index contributed by atoms with van der Waals surface area (Å²) in [6.45, 7) is 0.393. The number of nitrogens with zero attached hydrogens (tertiary/aromatic N) is 1. The number of benzene rings is 1. The quantitative estimate of drug-likeness (QED) is 0.411. The van der Waals surface area contributed by atoms with Gasteiger partial charge in [-0.25, -0.2) is 0 Å². The topological polar surface area (TPSA) is 71.5 Å². The fraction of sp³-hybridized carbons (Fsp3) is 0.111. The molecule has 0 amide bonds. The van der Waals surface area contributed by atoms with Crippen molar-refractivity contribution >= 4 is 12.1 Å². The standard InChI is InChI=1S/C9H11N3O/c10-9(11)6-12-13-7-8-4-2-1-3-5-8/h1-6H,7H2,(H3,10,11)/b12-6+. The minimum atomic E-state index is -0.118. The van der Waals surface area contributed by atoms with Crippen LogP contribution in [0, 0.1) is 5.41 Å². The Morgan fingerprint density at radius 1 is 1.46 bits per heavy atom. The van der Waals surface area contributed by atoms with Crippen LogP contribution in [0.2, 0.25) is 0 Å². The lowest BCUT2D eigenvalue weighted by atomic mass is 10.2. The molecule has 0 radical (unpaired) electrons. The second-order valence-corrected chi connectivity index (χ2v) is 2.45. The van der Waals surface area contributed by atoms with Crippen LogP contribution in [0.15, 0.2) is 35.5 Å². The number of amidine groups is 1. The molecule has 0 fully saturated rings. The largest absolute Gasteiger partial charge is 0.391 e. The summed E-state index contributed by atoms with van der Waals surface area (Å²) in [7, 11) is 0. The SMILES string of the molecule is N=C(N)/C=N/OCc1ccccc1. The van der Waals surface area contributed by atoms with Gasteiger partial charge in [-0.15, -0.1) is 0 Å². The van der Waals surface area contributed by atoms with Gasteiger partial charge >= 0.3 is 0 Å². The van der Waals surface area contributed by atoms with Gasteiger partial charge in [0.1, 0.15) is 18.7 Å². The number of hydrogen-bond acceptors (Lipinski definition) is 3. The first-order chi connectivity index (χ1) is 6.29. The molecule has 0 aliphatic rings. The molecule has 0 spiro atoms. The van der Waals surface area contributed by atoms with Gasteiger partial charge < -0.3 is 10.6 Å². The van der Waals surface area contributed by atoms with Crippen LogP contribution in [0.5, 0.6) is 0 Å². The van der Waals surface area contributed by atoms with E-state index in [0.717, 1.165) is 11.8 Å². The average molecular weight is 177 g/mol. The summed E-state index contributed by atoms with van der Waals surface area (Å²) in [5.74, 6) is -0.118. The molecule has 4 nitrogen and oxygen atoms in total.